The quantitative estimate of drug-likeness (QED) is 0.606. The lowest BCUT2D eigenvalue weighted by Gasteiger charge is -2.34. The van der Waals surface area contributed by atoms with E-state index in [0.29, 0.717) is 25.4 Å². The Labute approximate surface area is 113 Å². The van der Waals surface area contributed by atoms with Crippen molar-refractivity contribution in [3.63, 3.8) is 0 Å². The number of ether oxygens (including phenoxy) is 1. The SMILES string of the molecule is CCCC1COCC(Cc2ccccc2)([N+](=O)[O-])C1. The van der Waals surface area contributed by atoms with Gasteiger partial charge < -0.3 is 4.74 Å². The lowest BCUT2D eigenvalue weighted by molar-refractivity contribution is -0.581. The summed E-state index contributed by atoms with van der Waals surface area (Å²) >= 11 is 0. The molecule has 1 fully saturated rings. The smallest absolute Gasteiger partial charge is 0.249 e. The molecule has 1 aromatic carbocycles. The maximum atomic E-state index is 11.6. The number of rotatable bonds is 5. The minimum Gasteiger partial charge on any atom is -0.374 e. The molecule has 19 heavy (non-hydrogen) atoms. The summed E-state index contributed by atoms with van der Waals surface area (Å²) in [5.41, 5.74) is 0.0688. The molecule has 0 N–H and O–H groups in total. The summed E-state index contributed by atoms with van der Waals surface area (Å²) in [5, 5.41) is 11.6. The molecular formula is C15H21NO3. The third-order valence-electron chi connectivity index (χ3n) is 3.85. The summed E-state index contributed by atoms with van der Waals surface area (Å²) in [5.74, 6) is 0.313. The van der Waals surface area contributed by atoms with Crippen LogP contribution in [-0.2, 0) is 11.2 Å². The number of nitro groups is 1. The molecule has 4 nitrogen and oxygen atoms in total. The number of benzene rings is 1. The third-order valence-corrected chi connectivity index (χ3v) is 3.85. The molecule has 0 radical (unpaired) electrons. The van der Waals surface area contributed by atoms with Gasteiger partial charge in [0.1, 0.15) is 6.61 Å². The van der Waals surface area contributed by atoms with Gasteiger partial charge in [-0.05, 0) is 17.9 Å². The van der Waals surface area contributed by atoms with Crippen molar-refractivity contribution in [1.29, 1.82) is 0 Å². The standard InChI is InChI=1S/C15H21NO3/c1-2-6-14-10-15(16(17)18,12-19-11-14)9-13-7-4-3-5-8-13/h3-5,7-8,14H,2,6,9-12H2,1H3. The van der Waals surface area contributed by atoms with Crippen LogP contribution in [0.25, 0.3) is 0 Å². The number of hydrogen-bond acceptors (Lipinski definition) is 3. The van der Waals surface area contributed by atoms with E-state index < -0.39 is 5.54 Å². The van der Waals surface area contributed by atoms with E-state index in [1.54, 1.807) is 0 Å². The topological polar surface area (TPSA) is 52.4 Å². The van der Waals surface area contributed by atoms with Crippen LogP contribution < -0.4 is 0 Å². The lowest BCUT2D eigenvalue weighted by atomic mass is 9.80. The van der Waals surface area contributed by atoms with Crippen LogP contribution in [0.15, 0.2) is 30.3 Å². The zero-order valence-electron chi connectivity index (χ0n) is 11.4. The number of hydrogen-bond donors (Lipinski definition) is 0. The first kappa shape index (κ1) is 14.0. The summed E-state index contributed by atoms with van der Waals surface area (Å²) < 4.78 is 5.54. The highest BCUT2D eigenvalue weighted by molar-refractivity contribution is 5.17. The zero-order chi connectivity index (χ0) is 13.7. The van der Waals surface area contributed by atoms with Crippen molar-refractivity contribution in [2.75, 3.05) is 13.2 Å². The van der Waals surface area contributed by atoms with E-state index in [4.69, 9.17) is 4.74 Å². The molecule has 0 aliphatic carbocycles. The first-order chi connectivity index (χ1) is 9.16. The predicted octanol–water partition coefficient (Wildman–Crippen LogP) is 3.08. The van der Waals surface area contributed by atoms with Gasteiger partial charge in [-0.25, -0.2) is 0 Å². The summed E-state index contributed by atoms with van der Waals surface area (Å²) in [7, 11) is 0. The Balaban J connectivity index is 2.15. The highest BCUT2D eigenvalue weighted by Gasteiger charge is 2.47. The van der Waals surface area contributed by atoms with Gasteiger partial charge in [0.05, 0.1) is 6.61 Å². The van der Waals surface area contributed by atoms with Gasteiger partial charge in [0, 0.05) is 17.8 Å². The van der Waals surface area contributed by atoms with Crippen LogP contribution in [0.3, 0.4) is 0 Å². The van der Waals surface area contributed by atoms with E-state index in [1.165, 1.54) is 0 Å². The highest BCUT2D eigenvalue weighted by Crippen LogP contribution is 2.32. The van der Waals surface area contributed by atoms with Crippen LogP contribution in [0.1, 0.15) is 31.7 Å². The van der Waals surface area contributed by atoms with Crippen molar-refractivity contribution >= 4 is 0 Å². The van der Waals surface area contributed by atoms with Crippen LogP contribution in [0, 0.1) is 16.0 Å². The first-order valence-electron chi connectivity index (χ1n) is 6.92. The molecule has 1 aliphatic rings. The van der Waals surface area contributed by atoms with Gasteiger partial charge in [-0.3, -0.25) is 10.1 Å². The summed E-state index contributed by atoms with van der Waals surface area (Å²) in [4.78, 5) is 11.4. The molecule has 0 bridgehead atoms. The normalized spacial score (nSPS) is 27.1. The minimum absolute atomic E-state index is 0.123. The van der Waals surface area contributed by atoms with Crippen LogP contribution in [-0.4, -0.2) is 23.7 Å². The van der Waals surface area contributed by atoms with Gasteiger partial charge >= 0.3 is 0 Å². The molecule has 2 atom stereocenters. The molecule has 0 amide bonds. The molecule has 104 valence electrons. The van der Waals surface area contributed by atoms with Crippen LogP contribution in [0.4, 0.5) is 0 Å². The highest BCUT2D eigenvalue weighted by atomic mass is 16.6. The molecule has 0 aromatic heterocycles. The molecule has 1 heterocycles. The van der Waals surface area contributed by atoms with Crippen molar-refractivity contribution in [2.24, 2.45) is 5.92 Å². The van der Waals surface area contributed by atoms with Crippen LogP contribution in [0.5, 0.6) is 0 Å². The van der Waals surface area contributed by atoms with Gasteiger partial charge in [-0.2, -0.15) is 0 Å². The predicted molar refractivity (Wildman–Crippen MR) is 73.7 cm³/mol. The molecule has 0 saturated carbocycles. The maximum Gasteiger partial charge on any atom is 0.249 e. The Bertz CT molecular complexity index is 419. The van der Waals surface area contributed by atoms with Crippen LogP contribution in [0.2, 0.25) is 0 Å². The Morgan fingerprint density at radius 3 is 2.79 bits per heavy atom. The summed E-state index contributed by atoms with van der Waals surface area (Å²) in [6.07, 6.45) is 3.14. The third kappa shape index (κ3) is 3.32. The first-order valence-corrected chi connectivity index (χ1v) is 6.92. The van der Waals surface area contributed by atoms with Gasteiger partial charge in [0.15, 0.2) is 0 Å². The van der Waals surface area contributed by atoms with E-state index in [-0.39, 0.29) is 11.5 Å². The molecule has 0 spiro atoms. The van der Waals surface area contributed by atoms with E-state index in [1.807, 2.05) is 30.3 Å². The van der Waals surface area contributed by atoms with E-state index in [0.717, 1.165) is 18.4 Å². The summed E-state index contributed by atoms with van der Waals surface area (Å²) in [6, 6.07) is 9.69. The molecular weight excluding hydrogens is 242 g/mol. The molecule has 1 aromatic rings. The van der Waals surface area contributed by atoms with E-state index >= 15 is 0 Å². The van der Waals surface area contributed by atoms with E-state index in [2.05, 4.69) is 6.92 Å². The fourth-order valence-electron chi connectivity index (χ4n) is 2.96. The zero-order valence-corrected chi connectivity index (χ0v) is 11.4. The van der Waals surface area contributed by atoms with Crippen molar-refractivity contribution < 1.29 is 9.66 Å². The van der Waals surface area contributed by atoms with Crippen molar-refractivity contribution in [1.82, 2.24) is 0 Å². The van der Waals surface area contributed by atoms with Gasteiger partial charge in [0.25, 0.3) is 0 Å². The number of nitrogens with zero attached hydrogens (tertiary/aromatic N) is 1. The fourth-order valence-corrected chi connectivity index (χ4v) is 2.96. The Kier molecular flexibility index (Phi) is 4.53. The largest absolute Gasteiger partial charge is 0.374 e. The summed E-state index contributed by atoms with van der Waals surface area (Å²) in [6.45, 7) is 3.01. The lowest BCUT2D eigenvalue weighted by Crippen LogP contribution is -2.50. The Morgan fingerprint density at radius 1 is 1.42 bits per heavy atom. The van der Waals surface area contributed by atoms with Gasteiger partial charge in [-0.1, -0.05) is 43.7 Å². The molecule has 2 rings (SSSR count). The van der Waals surface area contributed by atoms with Crippen LogP contribution >= 0.6 is 0 Å². The maximum absolute atomic E-state index is 11.6. The molecule has 1 saturated heterocycles. The average Bonchev–Trinajstić information content (AvgIpc) is 2.40. The molecule has 4 heteroatoms. The Hall–Kier alpha value is -1.42. The van der Waals surface area contributed by atoms with Crippen molar-refractivity contribution in [3.8, 4) is 0 Å². The monoisotopic (exact) mass is 263 g/mol. The fraction of sp³-hybridized carbons (Fsp3) is 0.600. The molecule has 2 unspecified atom stereocenters. The van der Waals surface area contributed by atoms with Crippen molar-refractivity contribution in [3.05, 3.63) is 46.0 Å². The second-order valence-corrected chi connectivity index (χ2v) is 5.52. The average molecular weight is 263 g/mol. The minimum atomic E-state index is -0.945. The van der Waals surface area contributed by atoms with Gasteiger partial charge in [-0.15, -0.1) is 0 Å². The van der Waals surface area contributed by atoms with E-state index in [9.17, 15) is 10.1 Å². The molecule has 1 aliphatic heterocycles. The van der Waals surface area contributed by atoms with Gasteiger partial charge in [0.2, 0.25) is 5.54 Å². The van der Waals surface area contributed by atoms with Crippen molar-refractivity contribution in [2.45, 2.75) is 38.1 Å². The Morgan fingerprint density at radius 2 is 2.16 bits per heavy atom. The second-order valence-electron chi connectivity index (χ2n) is 5.52. The second kappa shape index (κ2) is 6.15.